The van der Waals surface area contributed by atoms with E-state index in [4.69, 9.17) is 15.6 Å². The first-order valence-electron chi connectivity index (χ1n) is 7.64. The minimum absolute atomic E-state index is 0.585. The molecule has 2 aromatic carbocycles. The molecule has 0 aliphatic rings. The molecule has 0 radical (unpaired) electrons. The number of rotatable bonds is 0. The molecule has 122 valence electrons. The number of carbonyl (C=O) groups is 1. The molecule has 24 heavy (non-hydrogen) atoms. The standard InChI is InChI=1S/C17H15N3.C2H4O2/c1-10-7-14-15(8-11(10)2)20-9-12-5-3-4-6-13(12)16(20)17(18)19-14;1-2(3)4/h3-9H,1-2H3,(H2,18,19);1H3,(H,3,4). The van der Waals surface area contributed by atoms with Gasteiger partial charge in [-0.15, -0.1) is 0 Å². The number of fused-ring (bicyclic) bond motifs is 5. The summed E-state index contributed by atoms with van der Waals surface area (Å²) < 4.78 is 2.16. The Hall–Kier alpha value is -3.08. The second-order valence-corrected chi connectivity index (χ2v) is 5.88. The molecule has 4 aromatic rings. The number of aromatic nitrogens is 2. The van der Waals surface area contributed by atoms with Gasteiger partial charge in [0.2, 0.25) is 0 Å². The van der Waals surface area contributed by atoms with Gasteiger partial charge in [-0.3, -0.25) is 4.79 Å². The summed E-state index contributed by atoms with van der Waals surface area (Å²) in [6.45, 7) is 5.31. The van der Waals surface area contributed by atoms with E-state index in [2.05, 4.69) is 53.7 Å². The van der Waals surface area contributed by atoms with Crippen LogP contribution in [0.25, 0.3) is 27.3 Å². The van der Waals surface area contributed by atoms with Crippen LogP contribution in [-0.4, -0.2) is 20.5 Å². The van der Waals surface area contributed by atoms with Gasteiger partial charge in [-0.25, -0.2) is 4.98 Å². The van der Waals surface area contributed by atoms with Crippen LogP contribution in [-0.2, 0) is 4.79 Å². The van der Waals surface area contributed by atoms with Gasteiger partial charge in [0.1, 0.15) is 5.82 Å². The van der Waals surface area contributed by atoms with Crippen LogP contribution in [0.2, 0.25) is 0 Å². The molecule has 2 heterocycles. The Kier molecular flexibility index (Phi) is 3.85. The number of hydrogen-bond donors (Lipinski definition) is 2. The lowest BCUT2D eigenvalue weighted by atomic mass is 10.1. The summed E-state index contributed by atoms with van der Waals surface area (Å²) in [5, 5.41) is 9.75. The molecule has 0 aliphatic heterocycles. The highest BCUT2D eigenvalue weighted by atomic mass is 16.4. The van der Waals surface area contributed by atoms with Crippen molar-refractivity contribution in [3.05, 3.63) is 53.7 Å². The Labute approximate surface area is 139 Å². The first-order chi connectivity index (χ1) is 11.4. The predicted molar refractivity (Wildman–Crippen MR) is 97.4 cm³/mol. The lowest BCUT2D eigenvalue weighted by Crippen LogP contribution is -1.98. The summed E-state index contributed by atoms with van der Waals surface area (Å²) >= 11 is 0. The van der Waals surface area contributed by atoms with Crippen LogP contribution in [0.1, 0.15) is 18.1 Å². The predicted octanol–water partition coefficient (Wildman–Crippen LogP) is 3.93. The number of carboxylic acid groups (broad SMARTS) is 1. The number of anilines is 1. The average molecular weight is 321 g/mol. The van der Waals surface area contributed by atoms with E-state index < -0.39 is 5.97 Å². The van der Waals surface area contributed by atoms with Crippen LogP contribution in [0, 0.1) is 13.8 Å². The zero-order chi connectivity index (χ0) is 17.4. The fraction of sp³-hybridized carbons (Fsp3) is 0.158. The first-order valence-corrected chi connectivity index (χ1v) is 7.64. The Morgan fingerprint density at radius 2 is 1.79 bits per heavy atom. The first kappa shape index (κ1) is 15.8. The van der Waals surface area contributed by atoms with Crippen molar-refractivity contribution in [2.24, 2.45) is 0 Å². The van der Waals surface area contributed by atoms with Gasteiger partial charge in [-0.2, -0.15) is 0 Å². The van der Waals surface area contributed by atoms with E-state index in [9.17, 15) is 0 Å². The van der Waals surface area contributed by atoms with Crippen LogP contribution in [0.15, 0.2) is 42.6 Å². The zero-order valence-electron chi connectivity index (χ0n) is 13.9. The lowest BCUT2D eigenvalue weighted by molar-refractivity contribution is -0.134. The summed E-state index contributed by atoms with van der Waals surface area (Å²) in [6, 6.07) is 12.6. The van der Waals surface area contributed by atoms with Gasteiger partial charge in [0.15, 0.2) is 0 Å². The molecule has 4 rings (SSSR count). The van der Waals surface area contributed by atoms with Gasteiger partial charge in [0, 0.05) is 23.9 Å². The third kappa shape index (κ3) is 2.65. The number of benzene rings is 2. The second kappa shape index (κ2) is 5.85. The normalized spacial score (nSPS) is 10.8. The molecule has 0 unspecified atom stereocenters. The third-order valence-electron chi connectivity index (χ3n) is 4.06. The van der Waals surface area contributed by atoms with Crippen molar-refractivity contribution in [3.63, 3.8) is 0 Å². The fourth-order valence-electron chi connectivity index (χ4n) is 2.86. The number of aliphatic carboxylic acids is 1. The highest BCUT2D eigenvalue weighted by molar-refractivity contribution is 6.04. The van der Waals surface area contributed by atoms with E-state index in [0.29, 0.717) is 5.82 Å². The summed E-state index contributed by atoms with van der Waals surface area (Å²) in [5.41, 5.74) is 11.7. The van der Waals surface area contributed by atoms with Gasteiger partial charge < -0.3 is 15.2 Å². The molecule has 0 saturated heterocycles. The lowest BCUT2D eigenvalue weighted by Gasteiger charge is -2.08. The third-order valence-corrected chi connectivity index (χ3v) is 4.06. The SMILES string of the molecule is CC(=O)O.Cc1cc2nc(N)c3c4ccccc4cn3c2cc1C. The highest BCUT2D eigenvalue weighted by Crippen LogP contribution is 2.30. The Bertz CT molecular complexity index is 1080. The van der Waals surface area contributed by atoms with E-state index in [1.54, 1.807) is 0 Å². The Morgan fingerprint density at radius 1 is 1.17 bits per heavy atom. The number of nitrogen functional groups attached to an aromatic ring is 1. The van der Waals surface area contributed by atoms with Gasteiger partial charge in [0.05, 0.1) is 16.6 Å². The second-order valence-electron chi connectivity index (χ2n) is 5.88. The number of aryl methyl sites for hydroxylation is 2. The van der Waals surface area contributed by atoms with Crippen molar-refractivity contribution >= 4 is 39.1 Å². The van der Waals surface area contributed by atoms with Crippen LogP contribution in [0.4, 0.5) is 5.82 Å². The molecule has 2 aromatic heterocycles. The molecular weight excluding hydrogens is 302 g/mol. The minimum Gasteiger partial charge on any atom is -0.481 e. The molecule has 5 heteroatoms. The largest absolute Gasteiger partial charge is 0.481 e. The Balaban J connectivity index is 0.000000383. The molecule has 0 aliphatic carbocycles. The molecule has 3 N–H and O–H groups in total. The summed E-state index contributed by atoms with van der Waals surface area (Å²) in [5.74, 6) is -0.248. The summed E-state index contributed by atoms with van der Waals surface area (Å²) in [6.07, 6.45) is 2.14. The van der Waals surface area contributed by atoms with Crippen LogP contribution in [0.3, 0.4) is 0 Å². The molecule has 0 atom stereocenters. The Morgan fingerprint density at radius 3 is 2.50 bits per heavy atom. The molecule has 0 fully saturated rings. The van der Waals surface area contributed by atoms with Crippen molar-refractivity contribution in [2.45, 2.75) is 20.8 Å². The number of hydrogen-bond acceptors (Lipinski definition) is 3. The highest BCUT2D eigenvalue weighted by Gasteiger charge is 2.11. The van der Waals surface area contributed by atoms with Crippen molar-refractivity contribution < 1.29 is 9.90 Å². The molecule has 0 spiro atoms. The number of nitrogens with two attached hydrogens (primary N) is 1. The van der Waals surface area contributed by atoms with Crippen molar-refractivity contribution in [1.29, 1.82) is 0 Å². The average Bonchev–Trinajstić information content (AvgIpc) is 2.89. The van der Waals surface area contributed by atoms with Crippen molar-refractivity contribution in [3.8, 4) is 0 Å². The van der Waals surface area contributed by atoms with Crippen molar-refractivity contribution in [1.82, 2.24) is 9.38 Å². The van der Waals surface area contributed by atoms with Crippen LogP contribution < -0.4 is 5.73 Å². The molecule has 0 amide bonds. The molecular formula is C19H19N3O2. The van der Waals surface area contributed by atoms with E-state index in [1.165, 1.54) is 16.5 Å². The quantitative estimate of drug-likeness (QED) is 0.514. The topological polar surface area (TPSA) is 80.6 Å². The minimum atomic E-state index is -0.833. The van der Waals surface area contributed by atoms with Gasteiger partial charge >= 0.3 is 0 Å². The number of nitrogens with zero attached hydrogens (tertiary/aromatic N) is 2. The van der Waals surface area contributed by atoms with Gasteiger partial charge in [-0.05, 0) is 37.1 Å². The summed E-state index contributed by atoms with van der Waals surface area (Å²) in [7, 11) is 0. The zero-order valence-corrected chi connectivity index (χ0v) is 13.9. The van der Waals surface area contributed by atoms with E-state index in [1.807, 2.05) is 12.1 Å². The van der Waals surface area contributed by atoms with Gasteiger partial charge in [-0.1, -0.05) is 24.3 Å². The molecule has 5 nitrogen and oxygen atoms in total. The maximum atomic E-state index is 9.00. The fourth-order valence-corrected chi connectivity index (χ4v) is 2.86. The maximum absolute atomic E-state index is 9.00. The molecule has 0 saturated carbocycles. The van der Waals surface area contributed by atoms with E-state index >= 15 is 0 Å². The molecule has 0 bridgehead atoms. The van der Waals surface area contributed by atoms with Crippen LogP contribution >= 0.6 is 0 Å². The smallest absolute Gasteiger partial charge is 0.300 e. The van der Waals surface area contributed by atoms with E-state index in [-0.39, 0.29) is 0 Å². The van der Waals surface area contributed by atoms with Crippen LogP contribution in [0.5, 0.6) is 0 Å². The van der Waals surface area contributed by atoms with Gasteiger partial charge in [0.25, 0.3) is 5.97 Å². The maximum Gasteiger partial charge on any atom is 0.300 e. The van der Waals surface area contributed by atoms with E-state index in [0.717, 1.165) is 28.9 Å². The van der Waals surface area contributed by atoms with Crippen molar-refractivity contribution in [2.75, 3.05) is 5.73 Å². The monoisotopic (exact) mass is 321 g/mol. The number of carboxylic acids is 1. The summed E-state index contributed by atoms with van der Waals surface area (Å²) in [4.78, 5) is 13.6.